The monoisotopic (exact) mass is 331 g/mol. The van der Waals surface area contributed by atoms with Crippen LogP contribution in [0.3, 0.4) is 0 Å². The maximum absolute atomic E-state index is 12.2. The molecule has 0 saturated heterocycles. The number of fused-ring (bicyclic) bond motifs is 1. The van der Waals surface area contributed by atoms with Gasteiger partial charge in [-0.1, -0.05) is 0 Å². The van der Waals surface area contributed by atoms with Crippen molar-refractivity contribution in [3.05, 3.63) is 15.8 Å². The quantitative estimate of drug-likeness (QED) is 0.775. The lowest BCUT2D eigenvalue weighted by atomic mass is 10.2. The lowest BCUT2D eigenvalue weighted by molar-refractivity contribution is 0.0226. The van der Waals surface area contributed by atoms with Gasteiger partial charge in [0.15, 0.2) is 0 Å². The van der Waals surface area contributed by atoms with Gasteiger partial charge >= 0.3 is 6.09 Å². The number of hydrogen-bond acceptors (Lipinski definition) is 4. The number of nitrogens with zero attached hydrogens (tertiary/aromatic N) is 1. The summed E-state index contributed by atoms with van der Waals surface area (Å²) >= 11 is 1.70. The van der Waals surface area contributed by atoms with Crippen LogP contribution >= 0.6 is 23.7 Å². The average molecular weight is 332 g/mol. The minimum Gasteiger partial charge on any atom is -0.490 e. The summed E-state index contributed by atoms with van der Waals surface area (Å²) in [6.45, 7) is 7.40. The molecule has 1 aliphatic heterocycles. The van der Waals surface area contributed by atoms with Crippen molar-refractivity contribution in [2.75, 3.05) is 13.2 Å². The van der Waals surface area contributed by atoms with E-state index in [0.29, 0.717) is 25.6 Å². The van der Waals surface area contributed by atoms with Crippen LogP contribution in [0.25, 0.3) is 0 Å². The van der Waals surface area contributed by atoms with Gasteiger partial charge in [0.25, 0.3) is 0 Å². The second-order valence-corrected chi connectivity index (χ2v) is 7.43. The zero-order valence-electron chi connectivity index (χ0n) is 12.7. The standard InChI is InChI=1S/C15H21NO3S.ClH/c1-15(2,3)19-14(17)16-6-7-18-13-11(10-4-5-10)9-20-12(13)8-16;/h9-10H,4-8H2,1-3H3;1H. The summed E-state index contributed by atoms with van der Waals surface area (Å²) in [7, 11) is 0. The largest absolute Gasteiger partial charge is 0.490 e. The topological polar surface area (TPSA) is 38.8 Å². The summed E-state index contributed by atoms with van der Waals surface area (Å²) in [5.74, 6) is 1.71. The van der Waals surface area contributed by atoms with E-state index in [0.717, 1.165) is 10.6 Å². The Morgan fingerprint density at radius 1 is 1.43 bits per heavy atom. The van der Waals surface area contributed by atoms with Gasteiger partial charge in [0.05, 0.1) is 18.0 Å². The van der Waals surface area contributed by atoms with Gasteiger partial charge in [-0.25, -0.2) is 4.79 Å². The molecule has 0 spiro atoms. The van der Waals surface area contributed by atoms with Gasteiger partial charge in [0, 0.05) is 5.56 Å². The van der Waals surface area contributed by atoms with Gasteiger partial charge in [0.2, 0.25) is 0 Å². The maximum atomic E-state index is 12.2. The van der Waals surface area contributed by atoms with E-state index in [1.165, 1.54) is 18.4 Å². The fourth-order valence-corrected chi connectivity index (χ4v) is 3.43. The average Bonchev–Trinajstić information content (AvgIpc) is 3.13. The minimum absolute atomic E-state index is 0. The zero-order valence-corrected chi connectivity index (χ0v) is 14.3. The highest BCUT2D eigenvalue weighted by molar-refractivity contribution is 7.10. The third kappa shape index (κ3) is 3.83. The third-order valence-corrected chi connectivity index (χ3v) is 4.43. The molecule has 2 aliphatic rings. The van der Waals surface area contributed by atoms with Crippen molar-refractivity contribution in [3.63, 3.8) is 0 Å². The Balaban J connectivity index is 0.00000161. The van der Waals surface area contributed by atoms with Gasteiger partial charge in [-0.2, -0.15) is 0 Å². The predicted octanol–water partition coefficient (Wildman–Crippen LogP) is 4.18. The van der Waals surface area contributed by atoms with Crippen molar-refractivity contribution in [1.29, 1.82) is 0 Å². The molecule has 1 aliphatic carbocycles. The third-order valence-electron chi connectivity index (χ3n) is 3.45. The summed E-state index contributed by atoms with van der Waals surface area (Å²) in [5.41, 5.74) is 0.887. The van der Waals surface area contributed by atoms with Crippen molar-refractivity contribution < 1.29 is 14.3 Å². The lowest BCUT2D eigenvalue weighted by Gasteiger charge is -2.25. The summed E-state index contributed by atoms with van der Waals surface area (Å²) in [5, 5.41) is 2.20. The van der Waals surface area contributed by atoms with Gasteiger partial charge in [0.1, 0.15) is 18.0 Å². The van der Waals surface area contributed by atoms with E-state index >= 15 is 0 Å². The maximum Gasteiger partial charge on any atom is 0.410 e. The summed E-state index contributed by atoms with van der Waals surface area (Å²) in [6, 6.07) is 0. The number of hydrogen-bond donors (Lipinski definition) is 0. The molecule has 0 atom stereocenters. The molecule has 1 saturated carbocycles. The molecule has 0 radical (unpaired) electrons. The Hall–Kier alpha value is -0.940. The highest BCUT2D eigenvalue weighted by Gasteiger charge is 2.32. The molecular weight excluding hydrogens is 310 g/mol. The number of rotatable bonds is 1. The first kappa shape index (κ1) is 16.4. The van der Waals surface area contributed by atoms with E-state index in [1.54, 1.807) is 16.2 Å². The van der Waals surface area contributed by atoms with Gasteiger partial charge < -0.3 is 9.47 Å². The smallest absolute Gasteiger partial charge is 0.410 e. The fraction of sp³-hybridized carbons (Fsp3) is 0.667. The molecule has 1 amide bonds. The predicted molar refractivity (Wildman–Crippen MR) is 85.7 cm³/mol. The molecule has 1 aromatic heterocycles. The summed E-state index contributed by atoms with van der Waals surface area (Å²) in [4.78, 5) is 15.1. The van der Waals surface area contributed by atoms with Crippen molar-refractivity contribution in [3.8, 4) is 5.75 Å². The molecule has 6 heteroatoms. The Morgan fingerprint density at radius 2 is 2.14 bits per heavy atom. The van der Waals surface area contributed by atoms with E-state index in [9.17, 15) is 4.79 Å². The number of amides is 1. The van der Waals surface area contributed by atoms with Crippen LogP contribution in [0, 0.1) is 0 Å². The van der Waals surface area contributed by atoms with E-state index in [1.807, 2.05) is 20.8 Å². The van der Waals surface area contributed by atoms with Crippen LogP contribution in [-0.2, 0) is 11.3 Å². The van der Waals surface area contributed by atoms with Gasteiger partial charge in [-0.15, -0.1) is 23.7 Å². The van der Waals surface area contributed by atoms with Crippen LogP contribution in [0.2, 0.25) is 0 Å². The first-order chi connectivity index (χ1) is 9.44. The number of carbonyl (C=O) groups excluding carboxylic acids is 1. The van der Waals surface area contributed by atoms with Gasteiger partial charge in [-0.3, -0.25) is 4.90 Å². The van der Waals surface area contributed by atoms with Crippen LogP contribution in [0.1, 0.15) is 50.0 Å². The first-order valence-electron chi connectivity index (χ1n) is 7.15. The molecule has 4 nitrogen and oxygen atoms in total. The van der Waals surface area contributed by atoms with Crippen molar-refractivity contribution >= 4 is 29.8 Å². The highest BCUT2D eigenvalue weighted by Crippen LogP contribution is 2.48. The summed E-state index contributed by atoms with van der Waals surface area (Å²) < 4.78 is 11.3. The molecule has 21 heavy (non-hydrogen) atoms. The SMILES string of the molecule is CC(C)(C)OC(=O)N1CCOc2c(C3CC3)csc2C1.Cl. The lowest BCUT2D eigenvalue weighted by Crippen LogP contribution is -2.37. The Bertz CT molecular complexity index is 519. The van der Waals surface area contributed by atoms with Crippen LogP contribution in [-0.4, -0.2) is 29.7 Å². The first-order valence-corrected chi connectivity index (χ1v) is 8.03. The molecule has 0 aromatic carbocycles. The fourth-order valence-electron chi connectivity index (χ4n) is 2.34. The molecule has 0 N–H and O–H groups in total. The van der Waals surface area contributed by atoms with Crippen LogP contribution < -0.4 is 4.74 Å². The minimum atomic E-state index is -0.457. The van der Waals surface area contributed by atoms with E-state index in [2.05, 4.69) is 5.38 Å². The Labute approximate surface area is 135 Å². The number of ether oxygens (including phenoxy) is 2. The van der Waals surface area contributed by atoms with Crippen LogP contribution in [0.4, 0.5) is 4.79 Å². The normalized spacial score (nSPS) is 18.1. The van der Waals surface area contributed by atoms with Crippen LogP contribution in [0.15, 0.2) is 5.38 Å². The van der Waals surface area contributed by atoms with E-state index < -0.39 is 5.60 Å². The molecule has 0 unspecified atom stereocenters. The molecular formula is C15H22ClNO3S. The molecule has 118 valence electrons. The van der Waals surface area contributed by atoms with Crippen molar-refractivity contribution in [2.45, 2.75) is 51.7 Å². The zero-order chi connectivity index (χ0) is 14.3. The molecule has 3 rings (SSSR count). The molecule has 1 aromatic rings. The molecule has 2 heterocycles. The molecule has 1 fully saturated rings. The van der Waals surface area contributed by atoms with Gasteiger partial charge in [-0.05, 0) is 44.9 Å². The second kappa shape index (κ2) is 6.05. The van der Waals surface area contributed by atoms with E-state index in [4.69, 9.17) is 9.47 Å². The van der Waals surface area contributed by atoms with Crippen LogP contribution in [0.5, 0.6) is 5.75 Å². The van der Waals surface area contributed by atoms with Crippen molar-refractivity contribution in [1.82, 2.24) is 4.90 Å². The number of halogens is 1. The van der Waals surface area contributed by atoms with Crippen molar-refractivity contribution in [2.24, 2.45) is 0 Å². The summed E-state index contributed by atoms with van der Waals surface area (Å²) in [6.07, 6.45) is 2.28. The molecule has 0 bridgehead atoms. The number of carbonyl (C=O) groups is 1. The Kier molecular flexibility index (Phi) is 4.73. The Morgan fingerprint density at radius 3 is 2.76 bits per heavy atom. The number of thiophene rings is 1. The highest BCUT2D eigenvalue weighted by atomic mass is 35.5. The van der Waals surface area contributed by atoms with E-state index in [-0.39, 0.29) is 18.5 Å². The second-order valence-electron chi connectivity index (χ2n) is 6.47.